The molecule has 0 saturated carbocycles. The van der Waals surface area contributed by atoms with Crippen molar-refractivity contribution in [3.63, 3.8) is 0 Å². The van der Waals surface area contributed by atoms with Gasteiger partial charge in [0.05, 0.1) is 19.1 Å². The Morgan fingerprint density at radius 3 is 2.76 bits per heavy atom. The van der Waals surface area contributed by atoms with Gasteiger partial charge in [-0.05, 0) is 12.1 Å². The number of halogens is 1. The number of nitrogens with one attached hydrogen (secondary N) is 1. The first-order valence-corrected chi connectivity index (χ1v) is 6.64. The Labute approximate surface area is 130 Å². The molecule has 1 saturated heterocycles. The van der Waals surface area contributed by atoms with Crippen molar-refractivity contribution >= 4 is 24.2 Å². The van der Waals surface area contributed by atoms with Gasteiger partial charge in [-0.2, -0.15) is 0 Å². The quantitative estimate of drug-likeness (QED) is 0.783. The summed E-state index contributed by atoms with van der Waals surface area (Å²) in [4.78, 5) is 24.7. The molecule has 1 fully saturated rings. The van der Waals surface area contributed by atoms with Crippen molar-refractivity contribution in [2.75, 3.05) is 26.2 Å². The summed E-state index contributed by atoms with van der Waals surface area (Å²) in [7, 11) is 0. The molecule has 3 N–H and O–H groups in total. The summed E-state index contributed by atoms with van der Waals surface area (Å²) in [6, 6.07) is 9.31. The molecule has 1 heterocycles. The number of nitrogens with two attached hydrogens (primary N) is 1. The maximum Gasteiger partial charge on any atom is 0.234 e. The molecule has 2 amide bonds. The summed E-state index contributed by atoms with van der Waals surface area (Å²) in [5, 5.41) is 2.73. The molecular formula is C14H20ClN3O3. The molecule has 1 aliphatic rings. The Bertz CT molecular complexity index is 470. The monoisotopic (exact) mass is 313 g/mol. The number of rotatable bonds is 6. The molecule has 0 bridgehead atoms. The molecule has 2 rings (SSSR count). The van der Waals surface area contributed by atoms with Gasteiger partial charge < -0.3 is 20.7 Å². The molecule has 0 spiro atoms. The zero-order chi connectivity index (χ0) is 14.4. The Kier molecular flexibility index (Phi) is 6.98. The van der Waals surface area contributed by atoms with Crippen molar-refractivity contribution in [3.8, 4) is 5.75 Å². The average molecular weight is 314 g/mol. The number of para-hydroxylation sites is 1. The van der Waals surface area contributed by atoms with Crippen LogP contribution in [0.2, 0.25) is 0 Å². The van der Waals surface area contributed by atoms with Gasteiger partial charge >= 0.3 is 0 Å². The van der Waals surface area contributed by atoms with Crippen LogP contribution in [0.15, 0.2) is 30.3 Å². The number of hydrogen-bond donors (Lipinski definition) is 2. The first-order chi connectivity index (χ1) is 9.69. The van der Waals surface area contributed by atoms with Gasteiger partial charge in [0.2, 0.25) is 11.8 Å². The van der Waals surface area contributed by atoms with E-state index in [0.29, 0.717) is 26.1 Å². The fourth-order valence-electron chi connectivity index (χ4n) is 2.16. The summed E-state index contributed by atoms with van der Waals surface area (Å²) < 4.78 is 5.55. The van der Waals surface area contributed by atoms with Crippen LogP contribution in [0.5, 0.6) is 5.75 Å². The van der Waals surface area contributed by atoms with Crippen LogP contribution in [0.25, 0.3) is 0 Å². The van der Waals surface area contributed by atoms with Crippen molar-refractivity contribution in [2.24, 2.45) is 5.73 Å². The SMILES string of the molecule is Cl.NCC(=O)NC1CC(=O)N(CCOc2ccccc2)C1. The van der Waals surface area contributed by atoms with Gasteiger partial charge in [-0.1, -0.05) is 18.2 Å². The van der Waals surface area contributed by atoms with Crippen LogP contribution in [-0.4, -0.2) is 49.0 Å². The number of nitrogens with zero attached hydrogens (tertiary/aromatic N) is 1. The summed E-state index contributed by atoms with van der Waals surface area (Å²) in [5.74, 6) is 0.585. The highest BCUT2D eigenvalue weighted by molar-refractivity contribution is 5.85. The first kappa shape index (κ1) is 17.3. The minimum atomic E-state index is -0.231. The van der Waals surface area contributed by atoms with E-state index >= 15 is 0 Å². The highest BCUT2D eigenvalue weighted by atomic mass is 35.5. The standard InChI is InChI=1S/C14H19N3O3.ClH/c15-9-13(18)16-11-8-14(19)17(10-11)6-7-20-12-4-2-1-3-5-12;/h1-5,11H,6-10,15H2,(H,16,18);1H. The molecule has 116 valence electrons. The van der Waals surface area contributed by atoms with Crippen molar-refractivity contribution in [1.82, 2.24) is 10.2 Å². The fraction of sp³-hybridized carbons (Fsp3) is 0.429. The van der Waals surface area contributed by atoms with Gasteiger partial charge in [-0.25, -0.2) is 0 Å². The van der Waals surface area contributed by atoms with Gasteiger partial charge in [0, 0.05) is 13.0 Å². The van der Waals surface area contributed by atoms with Crippen LogP contribution in [-0.2, 0) is 9.59 Å². The Morgan fingerprint density at radius 1 is 1.38 bits per heavy atom. The average Bonchev–Trinajstić information content (AvgIpc) is 2.80. The van der Waals surface area contributed by atoms with E-state index in [1.807, 2.05) is 30.3 Å². The van der Waals surface area contributed by atoms with E-state index in [1.165, 1.54) is 0 Å². The number of carbonyl (C=O) groups excluding carboxylic acids is 2. The molecule has 0 aliphatic carbocycles. The number of amides is 2. The second-order valence-corrected chi connectivity index (χ2v) is 4.67. The molecule has 1 unspecified atom stereocenters. The lowest BCUT2D eigenvalue weighted by Gasteiger charge is -2.17. The largest absolute Gasteiger partial charge is 0.492 e. The third-order valence-electron chi connectivity index (χ3n) is 3.14. The first-order valence-electron chi connectivity index (χ1n) is 6.64. The van der Waals surface area contributed by atoms with E-state index in [9.17, 15) is 9.59 Å². The zero-order valence-electron chi connectivity index (χ0n) is 11.7. The van der Waals surface area contributed by atoms with E-state index in [0.717, 1.165) is 5.75 Å². The molecular weight excluding hydrogens is 294 g/mol. The van der Waals surface area contributed by atoms with Crippen LogP contribution in [0.3, 0.4) is 0 Å². The number of hydrogen-bond acceptors (Lipinski definition) is 4. The molecule has 1 aromatic carbocycles. The normalized spacial score (nSPS) is 17.3. The second-order valence-electron chi connectivity index (χ2n) is 4.67. The molecule has 0 radical (unpaired) electrons. The van der Waals surface area contributed by atoms with Gasteiger partial charge in [-0.3, -0.25) is 9.59 Å². The number of benzene rings is 1. The minimum Gasteiger partial charge on any atom is -0.492 e. The second kappa shape index (κ2) is 8.49. The van der Waals surface area contributed by atoms with Crippen molar-refractivity contribution < 1.29 is 14.3 Å². The van der Waals surface area contributed by atoms with Gasteiger partial charge in [-0.15, -0.1) is 12.4 Å². The van der Waals surface area contributed by atoms with Crippen molar-refractivity contribution in [2.45, 2.75) is 12.5 Å². The van der Waals surface area contributed by atoms with E-state index in [4.69, 9.17) is 10.5 Å². The topological polar surface area (TPSA) is 84.7 Å². The number of ether oxygens (including phenoxy) is 1. The van der Waals surface area contributed by atoms with Crippen LogP contribution < -0.4 is 15.8 Å². The number of carbonyl (C=O) groups is 2. The molecule has 7 heteroatoms. The lowest BCUT2D eigenvalue weighted by atomic mass is 10.2. The summed E-state index contributed by atoms with van der Waals surface area (Å²) >= 11 is 0. The van der Waals surface area contributed by atoms with E-state index in [2.05, 4.69) is 5.32 Å². The third kappa shape index (κ3) is 5.24. The van der Waals surface area contributed by atoms with Crippen LogP contribution in [0.1, 0.15) is 6.42 Å². The van der Waals surface area contributed by atoms with Gasteiger partial charge in [0.25, 0.3) is 0 Å². The summed E-state index contributed by atoms with van der Waals surface area (Å²) in [6.07, 6.45) is 0.330. The highest BCUT2D eigenvalue weighted by Crippen LogP contribution is 2.12. The minimum absolute atomic E-state index is 0. The van der Waals surface area contributed by atoms with E-state index in [-0.39, 0.29) is 36.8 Å². The Hall–Kier alpha value is -1.79. The summed E-state index contributed by atoms with van der Waals surface area (Å²) in [5.41, 5.74) is 5.23. The van der Waals surface area contributed by atoms with Crippen molar-refractivity contribution in [3.05, 3.63) is 30.3 Å². The van der Waals surface area contributed by atoms with Crippen LogP contribution in [0, 0.1) is 0 Å². The predicted molar refractivity (Wildman–Crippen MR) is 81.4 cm³/mol. The lowest BCUT2D eigenvalue weighted by molar-refractivity contribution is -0.128. The summed E-state index contributed by atoms with van der Waals surface area (Å²) in [6.45, 7) is 1.42. The van der Waals surface area contributed by atoms with Crippen LogP contribution in [0.4, 0.5) is 0 Å². The molecule has 1 atom stereocenters. The molecule has 1 aliphatic heterocycles. The Morgan fingerprint density at radius 2 is 2.10 bits per heavy atom. The van der Waals surface area contributed by atoms with Crippen LogP contribution >= 0.6 is 12.4 Å². The predicted octanol–water partition coefficient (Wildman–Crippen LogP) is 0.163. The van der Waals surface area contributed by atoms with Crippen molar-refractivity contribution in [1.29, 1.82) is 0 Å². The van der Waals surface area contributed by atoms with E-state index in [1.54, 1.807) is 4.90 Å². The number of likely N-dealkylation sites (tertiary alicyclic amines) is 1. The maximum absolute atomic E-state index is 11.8. The molecule has 0 aromatic heterocycles. The molecule has 1 aromatic rings. The van der Waals surface area contributed by atoms with Gasteiger partial charge in [0.15, 0.2) is 0 Å². The third-order valence-corrected chi connectivity index (χ3v) is 3.14. The molecule has 6 nitrogen and oxygen atoms in total. The highest BCUT2D eigenvalue weighted by Gasteiger charge is 2.29. The smallest absolute Gasteiger partial charge is 0.234 e. The Balaban J connectivity index is 0.00000220. The maximum atomic E-state index is 11.8. The zero-order valence-corrected chi connectivity index (χ0v) is 12.5. The molecule has 21 heavy (non-hydrogen) atoms. The fourth-order valence-corrected chi connectivity index (χ4v) is 2.16. The lowest BCUT2D eigenvalue weighted by Crippen LogP contribution is -2.40. The van der Waals surface area contributed by atoms with Gasteiger partial charge in [0.1, 0.15) is 12.4 Å². The van der Waals surface area contributed by atoms with E-state index < -0.39 is 0 Å².